The van der Waals surface area contributed by atoms with Crippen molar-refractivity contribution in [3.63, 3.8) is 0 Å². The molecule has 0 spiro atoms. The van der Waals surface area contributed by atoms with Crippen LogP contribution in [0.4, 0.5) is 0 Å². The second kappa shape index (κ2) is 6.37. The summed E-state index contributed by atoms with van der Waals surface area (Å²) in [7, 11) is 0. The number of allylic oxidation sites excluding steroid dienone is 3. The molecule has 2 heteroatoms. The molecule has 2 nitrogen and oxygen atoms in total. The van der Waals surface area contributed by atoms with Gasteiger partial charge in [0.25, 0.3) is 0 Å². The van der Waals surface area contributed by atoms with Gasteiger partial charge >= 0.3 is 0 Å². The second-order valence-corrected chi connectivity index (χ2v) is 5.12. The topological polar surface area (TPSA) is 29.1 Å². The molecule has 100 valence electrons. The van der Waals surface area contributed by atoms with Gasteiger partial charge in [-0.2, -0.15) is 0 Å². The van der Waals surface area contributed by atoms with E-state index in [0.29, 0.717) is 5.92 Å². The third-order valence-corrected chi connectivity index (χ3v) is 3.38. The van der Waals surface area contributed by atoms with Crippen molar-refractivity contribution in [2.45, 2.75) is 32.7 Å². The van der Waals surface area contributed by atoms with Crippen molar-refractivity contribution in [2.75, 3.05) is 0 Å². The van der Waals surface area contributed by atoms with Gasteiger partial charge in [-0.3, -0.25) is 4.79 Å². The van der Waals surface area contributed by atoms with Crippen LogP contribution in [0.15, 0.2) is 48.6 Å². The van der Waals surface area contributed by atoms with Gasteiger partial charge in [0.1, 0.15) is 0 Å². The fraction of sp³-hybridized carbons (Fsp3) is 0.353. The molecule has 1 N–H and O–H groups in total. The number of carbonyl (C=O) groups is 1. The van der Waals surface area contributed by atoms with E-state index in [4.69, 9.17) is 0 Å². The van der Waals surface area contributed by atoms with Crippen LogP contribution in [0.5, 0.6) is 0 Å². The van der Waals surface area contributed by atoms with Gasteiger partial charge in [-0.15, -0.1) is 0 Å². The van der Waals surface area contributed by atoms with Gasteiger partial charge in [0.2, 0.25) is 5.91 Å². The van der Waals surface area contributed by atoms with Crippen molar-refractivity contribution in [1.82, 2.24) is 5.32 Å². The predicted molar refractivity (Wildman–Crippen MR) is 78.7 cm³/mol. The summed E-state index contributed by atoms with van der Waals surface area (Å²) < 4.78 is 0. The summed E-state index contributed by atoms with van der Waals surface area (Å²) in [5, 5.41) is 3.11. The molecule has 0 radical (unpaired) electrons. The minimum absolute atomic E-state index is 0.0180. The maximum atomic E-state index is 11.9. The largest absolute Gasteiger partial charge is 0.345 e. The number of rotatable bonds is 5. The normalized spacial score (nSPS) is 16.9. The Kier molecular flexibility index (Phi) is 4.56. The number of aryl methyl sites for hydroxylation is 1. The molecule has 1 aliphatic carbocycles. The third-order valence-electron chi connectivity index (χ3n) is 3.38. The van der Waals surface area contributed by atoms with Gasteiger partial charge in [0.05, 0.1) is 6.04 Å². The molecule has 1 aromatic rings. The lowest BCUT2D eigenvalue weighted by molar-refractivity contribution is -0.117. The lowest BCUT2D eigenvalue weighted by Gasteiger charge is -2.18. The van der Waals surface area contributed by atoms with E-state index in [-0.39, 0.29) is 11.9 Å². The van der Waals surface area contributed by atoms with Gasteiger partial charge in [0.15, 0.2) is 0 Å². The Labute approximate surface area is 115 Å². The SMILES string of the molecule is C/C=C/C=C/C(=O)NC(c1ccc(C)cc1)C1CC1. The predicted octanol–water partition coefficient (Wildman–Crippen LogP) is 3.69. The zero-order valence-corrected chi connectivity index (χ0v) is 11.6. The Morgan fingerprint density at radius 3 is 2.53 bits per heavy atom. The molecule has 0 aromatic heterocycles. The summed E-state index contributed by atoms with van der Waals surface area (Å²) in [6.45, 7) is 4.01. The summed E-state index contributed by atoms with van der Waals surface area (Å²) in [5.74, 6) is 0.581. The van der Waals surface area contributed by atoms with Gasteiger partial charge in [0, 0.05) is 6.08 Å². The highest BCUT2D eigenvalue weighted by Gasteiger charge is 2.32. The average molecular weight is 255 g/mol. The minimum atomic E-state index is -0.0180. The molecular weight excluding hydrogens is 234 g/mol. The van der Waals surface area contributed by atoms with Crippen LogP contribution in [-0.2, 0) is 4.79 Å². The number of nitrogens with one attached hydrogen (secondary N) is 1. The lowest BCUT2D eigenvalue weighted by atomic mass is 10.0. The first-order valence-corrected chi connectivity index (χ1v) is 6.87. The van der Waals surface area contributed by atoms with E-state index in [2.05, 4.69) is 36.5 Å². The van der Waals surface area contributed by atoms with Gasteiger partial charge < -0.3 is 5.32 Å². The molecule has 1 fully saturated rings. The van der Waals surface area contributed by atoms with Crippen LogP contribution >= 0.6 is 0 Å². The Morgan fingerprint density at radius 2 is 1.95 bits per heavy atom. The van der Waals surface area contributed by atoms with Crippen LogP contribution in [0.1, 0.15) is 36.9 Å². The maximum Gasteiger partial charge on any atom is 0.244 e. The minimum Gasteiger partial charge on any atom is -0.345 e. The van der Waals surface area contributed by atoms with Crippen molar-refractivity contribution in [1.29, 1.82) is 0 Å². The maximum absolute atomic E-state index is 11.9. The average Bonchev–Trinajstić information content (AvgIpc) is 3.22. The standard InChI is InChI=1S/C17H21NO/c1-3-4-5-6-16(19)18-17(15-11-12-15)14-9-7-13(2)8-10-14/h3-10,15,17H,11-12H2,1-2H3,(H,18,19)/b4-3+,6-5+. The highest BCUT2D eigenvalue weighted by Crippen LogP contribution is 2.41. The van der Waals surface area contributed by atoms with Gasteiger partial charge in [-0.05, 0) is 38.2 Å². The highest BCUT2D eigenvalue weighted by atomic mass is 16.1. The zero-order chi connectivity index (χ0) is 13.7. The van der Waals surface area contributed by atoms with E-state index in [0.717, 1.165) is 0 Å². The Morgan fingerprint density at radius 1 is 1.26 bits per heavy atom. The van der Waals surface area contributed by atoms with Crippen LogP contribution in [-0.4, -0.2) is 5.91 Å². The first kappa shape index (κ1) is 13.6. The quantitative estimate of drug-likeness (QED) is 0.631. The summed E-state index contributed by atoms with van der Waals surface area (Å²) in [6.07, 6.45) is 9.53. The van der Waals surface area contributed by atoms with E-state index in [1.54, 1.807) is 12.2 Å². The third kappa shape index (κ3) is 4.09. The molecule has 1 saturated carbocycles. The molecule has 1 amide bonds. The van der Waals surface area contributed by atoms with E-state index in [1.165, 1.54) is 24.0 Å². The van der Waals surface area contributed by atoms with Crippen LogP contribution in [0.3, 0.4) is 0 Å². The fourth-order valence-corrected chi connectivity index (χ4v) is 2.13. The van der Waals surface area contributed by atoms with Crippen molar-refractivity contribution < 1.29 is 4.79 Å². The monoisotopic (exact) mass is 255 g/mol. The van der Waals surface area contributed by atoms with E-state index >= 15 is 0 Å². The lowest BCUT2D eigenvalue weighted by Crippen LogP contribution is -2.28. The fourth-order valence-electron chi connectivity index (χ4n) is 2.13. The van der Waals surface area contributed by atoms with Crippen molar-refractivity contribution in [2.24, 2.45) is 5.92 Å². The number of hydrogen-bond acceptors (Lipinski definition) is 1. The first-order valence-electron chi connectivity index (χ1n) is 6.87. The Balaban J connectivity index is 2.04. The van der Waals surface area contributed by atoms with Gasteiger partial charge in [-0.1, -0.05) is 48.1 Å². The van der Waals surface area contributed by atoms with E-state index < -0.39 is 0 Å². The molecule has 0 saturated heterocycles. The van der Waals surface area contributed by atoms with Crippen molar-refractivity contribution >= 4 is 5.91 Å². The zero-order valence-electron chi connectivity index (χ0n) is 11.6. The number of amides is 1. The molecule has 1 aliphatic rings. The molecule has 19 heavy (non-hydrogen) atoms. The van der Waals surface area contributed by atoms with Crippen molar-refractivity contribution in [3.05, 3.63) is 59.7 Å². The Bertz CT molecular complexity index is 480. The summed E-state index contributed by atoms with van der Waals surface area (Å²) in [6, 6.07) is 8.60. The molecule has 1 atom stereocenters. The number of hydrogen-bond donors (Lipinski definition) is 1. The molecule has 0 bridgehead atoms. The van der Waals surface area contributed by atoms with E-state index in [9.17, 15) is 4.79 Å². The smallest absolute Gasteiger partial charge is 0.244 e. The number of benzene rings is 1. The number of carbonyl (C=O) groups excluding carboxylic acids is 1. The molecule has 0 heterocycles. The molecule has 2 rings (SSSR count). The van der Waals surface area contributed by atoms with E-state index in [1.807, 2.05) is 19.1 Å². The Hall–Kier alpha value is -1.83. The highest BCUT2D eigenvalue weighted by molar-refractivity contribution is 5.88. The molecule has 0 aliphatic heterocycles. The van der Waals surface area contributed by atoms with Gasteiger partial charge in [-0.25, -0.2) is 0 Å². The summed E-state index contributed by atoms with van der Waals surface area (Å²) >= 11 is 0. The van der Waals surface area contributed by atoms with Crippen LogP contribution in [0.2, 0.25) is 0 Å². The van der Waals surface area contributed by atoms with Crippen LogP contribution in [0, 0.1) is 12.8 Å². The van der Waals surface area contributed by atoms with Crippen LogP contribution in [0.25, 0.3) is 0 Å². The molecule has 1 unspecified atom stereocenters. The molecule has 1 aromatic carbocycles. The molecular formula is C17H21NO. The van der Waals surface area contributed by atoms with Crippen LogP contribution < -0.4 is 5.32 Å². The second-order valence-electron chi connectivity index (χ2n) is 5.12. The van der Waals surface area contributed by atoms with Crippen molar-refractivity contribution in [3.8, 4) is 0 Å². The summed E-state index contributed by atoms with van der Waals surface area (Å²) in [4.78, 5) is 11.9. The summed E-state index contributed by atoms with van der Waals surface area (Å²) in [5.41, 5.74) is 2.46. The first-order chi connectivity index (χ1) is 9.20.